The minimum Gasteiger partial charge on any atom is -0.497 e. The molecule has 1 atom stereocenters. The Kier molecular flexibility index (Phi) is 5.05. The van der Waals surface area contributed by atoms with E-state index in [0.29, 0.717) is 5.92 Å². The fraction of sp³-hybridized carbons (Fsp3) is 0.450. The first-order chi connectivity index (χ1) is 11.6. The van der Waals surface area contributed by atoms with Crippen LogP contribution in [0.25, 0.3) is 10.8 Å². The van der Waals surface area contributed by atoms with Gasteiger partial charge in [0.1, 0.15) is 5.75 Å². The summed E-state index contributed by atoms with van der Waals surface area (Å²) < 4.78 is 5.29. The summed E-state index contributed by atoms with van der Waals surface area (Å²) in [6.45, 7) is 8.60. The highest BCUT2D eigenvalue weighted by atomic mass is 16.5. The molecule has 0 radical (unpaired) electrons. The molecule has 0 saturated carbocycles. The van der Waals surface area contributed by atoms with Crippen LogP contribution in [0.15, 0.2) is 36.4 Å². The lowest BCUT2D eigenvalue weighted by atomic mass is 9.97. The Morgan fingerprint density at radius 1 is 1.08 bits per heavy atom. The van der Waals surface area contributed by atoms with Crippen molar-refractivity contribution in [1.29, 1.82) is 0 Å². The number of amides is 1. The second-order valence-electron chi connectivity index (χ2n) is 6.68. The lowest BCUT2D eigenvalue weighted by Gasteiger charge is -2.35. The second kappa shape index (κ2) is 7.22. The summed E-state index contributed by atoms with van der Waals surface area (Å²) >= 11 is 0. The van der Waals surface area contributed by atoms with Gasteiger partial charge in [0.15, 0.2) is 0 Å². The molecule has 1 unspecified atom stereocenters. The number of methoxy groups -OCH3 is 1. The maximum atomic E-state index is 11.4. The Balaban J connectivity index is 1.66. The van der Waals surface area contributed by atoms with Crippen molar-refractivity contribution in [2.75, 3.05) is 39.8 Å². The van der Waals surface area contributed by atoms with Crippen molar-refractivity contribution >= 4 is 16.7 Å². The molecule has 1 amide bonds. The molecule has 0 bridgehead atoms. The van der Waals surface area contributed by atoms with E-state index < -0.39 is 0 Å². The van der Waals surface area contributed by atoms with Crippen LogP contribution >= 0.6 is 0 Å². The van der Waals surface area contributed by atoms with E-state index >= 15 is 0 Å². The molecule has 2 aromatic rings. The van der Waals surface area contributed by atoms with Crippen LogP contribution in [0, 0.1) is 0 Å². The fourth-order valence-corrected chi connectivity index (χ4v) is 3.41. The number of hydrogen-bond donors (Lipinski definition) is 0. The largest absolute Gasteiger partial charge is 0.497 e. The van der Waals surface area contributed by atoms with Gasteiger partial charge in [0.25, 0.3) is 0 Å². The molecule has 1 heterocycles. The molecule has 0 N–H and O–H groups in total. The van der Waals surface area contributed by atoms with Gasteiger partial charge in [-0.15, -0.1) is 0 Å². The van der Waals surface area contributed by atoms with Gasteiger partial charge >= 0.3 is 0 Å². The Labute approximate surface area is 144 Å². The molecule has 24 heavy (non-hydrogen) atoms. The molecule has 1 saturated heterocycles. The highest BCUT2D eigenvalue weighted by molar-refractivity contribution is 5.84. The standard InChI is InChI=1S/C20H26N2O2/c1-15(14-21-8-10-22(11-9-21)16(2)23)17-4-5-19-13-20(24-3)7-6-18(19)12-17/h4-7,12-13,15H,8-11,14H2,1-3H3. The maximum Gasteiger partial charge on any atom is 0.219 e. The highest BCUT2D eigenvalue weighted by Crippen LogP contribution is 2.25. The fourth-order valence-electron chi connectivity index (χ4n) is 3.41. The number of nitrogens with zero attached hydrogens (tertiary/aromatic N) is 2. The summed E-state index contributed by atoms with van der Waals surface area (Å²) in [5.41, 5.74) is 1.36. The van der Waals surface area contributed by atoms with E-state index in [0.717, 1.165) is 38.5 Å². The van der Waals surface area contributed by atoms with Gasteiger partial charge in [0.05, 0.1) is 7.11 Å². The van der Waals surface area contributed by atoms with E-state index in [1.807, 2.05) is 11.0 Å². The average Bonchev–Trinajstić information content (AvgIpc) is 2.61. The third-order valence-corrected chi connectivity index (χ3v) is 4.99. The highest BCUT2D eigenvalue weighted by Gasteiger charge is 2.20. The summed E-state index contributed by atoms with van der Waals surface area (Å²) in [4.78, 5) is 15.8. The summed E-state index contributed by atoms with van der Waals surface area (Å²) in [6.07, 6.45) is 0. The summed E-state index contributed by atoms with van der Waals surface area (Å²) in [5.74, 6) is 1.56. The molecule has 3 rings (SSSR count). The number of carbonyl (C=O) groups is 1. The van der Waals surface area contributed by atoms with Crippen LogP contribution in [0.2, 0.25) is 0 Å². The maximum absolute atomic E-state index is 11.4. The van der Waals surface area contributed by atoms with E-state index in [-0.39, 0.29) is 5.91 Å². The first-order valence-electron chi connectivity index (χ1n) is 8.62. The molecule has 2 aromatic carbocycles. The smallest absolute Gasteiger partial charge is 0.219 e. The Hall–Kier alpha value is -2.07. The van der Waals surface area contributed by atoms with Crippen molar-refractivity contribution in [1.82, 2.24) is 9.80 Å². The zero-order valence-corrected chi connectivity index (χ0v) is 14.8. The molecule has 4 nitrogen and oxygen atoms in total. The quantitative estimate of drug-likeness (QED) is 0.865. The van der Waals surface area contributed by atoms with Crippen molar-refractivity contribution in [3.8, 4) is 5.75 Å². The van der Waals surface area contributed by atoms with Gasteiger partial charge in [0.2, 0.25) is 5.91 Å². The van der Waals surface area contributed by atoms with Crippen LogP contribution < -0.4 is 4.74 Å². The first-order valence-corrected chi connectivity index (χ1v) is 8.62. The zero-order valence-electron chi connectivity index (χ0n) is 14.8. The van der Waals surface area contributed by atoms with Crippen molar-refractivity contribution in [2.24, 2.45) is 0 Å². The molecule has 4 heteroatoms. The number of rotatable bonds is 4. The first kappa shape index (κ1) is 16.8. The lowest BCUT2D eigenvalue weighted by molar-refractivity contribution is -0.130. The molecular weight excluding hydrogens is 300 g/mol. The van der Waals surface area contributed by atoms with Gasteiger partial charge < -0.3 is 9.64 Å². The Morgan fingerprint density at radius 2 is 1.75 bits per heavy atom. The van der Waals surface area contributed by atoms with E-state index in [1.54, 1.807) is 14.0 Å². The predicted molar refractivity (Wildman–Crippen MR) is 97.6 cm³/mol. The minimum absolute atomic E-state index is 0.188. The van der Waals surface area contributed by atoms with Gasteiger partial charge in [-0.2, -0.15) is 0 Å². The molecule has 0 aliphatic carbocycles. The molecule has 128 valence electrons. The third kappa shape index (κ3) is 3.70. The molecular formula is C20H26N2O2. The van der Waals surface area contributed by atoms with Crippen molar-refractivity contribution in [2.45, 2.75) is 19.8 Å². The lowest BCUT2D eigenvalue weighted by Crippen LogP contribution is -2.48. The third-order valence-electron chi connectivity index (χ3n) is 4.99. The summed E-state index contributed by atoms with van der Waals surface area (Å²) in [7, 11) is 1.70. The number of ether oxygens (including phenoxy) is 1. The van der Waals surface area contributed by atoms with E-state index in [1.165, 1.54) is 16.3 Å². The minimum atomic E-state index is 0.188. The van der Waals surface area contributed by atoms with Crippen LogP contribution in [-0.2, 0) is 4.79 Å². The predicted octanol–water partition coefficient (Wildman–Crippen LogP) is 3.12. The van der Waals surface area contributed by atoms with Crippen LogP contribution in [0.5, 0.6) is 5.75 Å². The van der Waals surface area contributed by atoms with E-state index in [9.17, 15) is 4.79 Å². The molecule has 0 aromatic heterocycles. The SMILES string of the molecule is COc1ccc2cc(C(C)CN3CCN(C(C)=O)CC3)ccc2c1. The van der Waals surface area contributed by atoms with Gasteiger partial charge in [-0.25, -0.2) is 0 Å². The van der Waals surface area contributed by atoms with Crippen molar-refractivity contribution in [3.05, 3.63) is 42.0 Å². The Bertz CT molecular complexity index is 721. The normalized spacial score (nSPS) is 17.0. The van der Waals surface area contributed by atoms with Gasteiger partial charge in [-0.05, 0) is 34.4 Å². The number of hydrogen-bond acceptors (Lipinski definition) is 3. The van der Waals surface area contributed by atoms with Crippen LogP contribution in [0.1, 0.15) is 25.3 Å². The number of fused-ring (bicyclic) bond motifs is 1. The van der Waals surface area contributed by atoms with E-state index in [4.69, 9.17) is 4.74 Å². The molecule has 1 fully saturated rings. The van der Waals surface area contributed by atoms with Gasteiger partial charge in [-0.3, -0.25) is 9.69 Å². The zero-order chi connectivity index (χ0) is 17.1. The van der Waals surface area contributed by atoms with E-state index in [2.05, 4.69) is 42.2 Å². The van der Waals surface area contributed by atoms with Crippen LogP contribution in [-0.4, -0.2) is 55.5 Å². The number of piperazine rings is 1. The van der Waals surface area contributed by atoms with Crippen LogP contribution in [0.4, 0.5) is 0 Å². The second-order valence-corrected chi connectivity index (χ2v) is 6.68. The topological polar surface area (TPSA) is 32.8 Å². The molecule has 1 aliphatic heterocycles. The monoisotopic (exact) mass is 326 g/mol. The van der Waals surface area contributed by atoms with Crippen molar-refractivity contribution in [3.63, 3.8) is 0 Å². The van der Waals surface area contributed by atoms with Gasteiger partial charge in [-0.1, -0.05) is 31.2 Å². The number of benzene rings is 2. The summed E-state index contributed by atoms with van der Waals surface area (Å²) in [5, 5.41) is 2.46. The van der Waals surface area contributed by atoms with Gasteiger partial charge in [0, 0.05) is 39.6 Å². The van der Waals surface area contributed by atoms with Crippen LogP contribution in [0.3, 0.4) is 0 Å². The molecule has 0 spiro atoms. The van der Waals surface area contributed by atoms with Crippen molar-refractivity contribution < 1.29 is 9.53 Å². The average molecular weight is 326 g/mol. The molecule has 1 aliphatic rings. The summed E-state index contributed by atoms with van der Waals surface area (Å²) in [6, 6.07) is 12.9. The Morgan fingerprint density at radius 3 is 2.42 bits per heavy atom. The number of carbonyl (C=O) groups excluding carboxylic acids is 1.